The summed E-state index contributed by atoms with van der Waals surface area (Å²) < 4.78 is 53.0. The summed E-state index contributed by atoms with van der Waals surface area (Å²) in [5.41, 5.74) is 0.497. The molecule has 0 bridgehead atoms. The van der Waals surface area contributed by atoms with Crippen LogP contribution in [0.25, 0.3) is 10.6 Å². The molecular weight excluding hydrogens is 330 g/mol. The fourth-order valence-corrected chi connectivity index (χ4v) is 2.75. The van der Waals surface area contributed by atoms with Crippen LogP contribution in [0.15, 0.2) is 35.7 Å². The molecule has 1 N–H and O–H groups in total. The zero-order valence-electron chi connectivity index (χ0n) is 11.5. The number of hydrogen-bond acceptors (Lipinski definition) is 4. The first-order valence-corrected chi connectivity index (χ1v) is 7.38. The van der Waals surface area contributed by atoms with Gasteiger partial charge in [-0.1, -0.05) is 30.3 Å². The number of aromatic nitrogens is 2. The van der Waals surface area contributed by atoms with E-state index in [4.69, 9.17) is 0 Å². The van der Waals surface area contributed by atoms with Gasteiger partial charge >= 0.3 is 0 Å². The van der Waals surface area contributed by atoms with Crippen molar-refractivity contribution in [3.8, 4) is 10.6 Å². The van der Waals surface area contributed by atoms with Gasteiger partial charge < -0.3 is 5.32 Å². The van der Waals surface area contributed by atoms with E-state index in [1.807, 2.05) is 30.3 Å². The number of nitrogens with zero attached hydrogens (tertiary/aromatic N) is 2. The second kappa shape index (κ2) is 6.33. The number of anilines is 1. The van der Waals surface area contributed by atoms with Crippen molar-refractivity contribution in [1.29, 1.82) is 0 Å². The highest BCUT2D eigenvalue weighted by Crippen LogP contribution is 2.25. The minimum absolute atomic E-state index is 0.0833. The Bertz CT molecular complexity index is 810. The predicted molar refractivity (Wildman–Crippen MR) is 78.9 cm³/mol. The van der Waals surface area contributed by atoms with Crippen LogP contribution in [-0.4, -0.2) is 9.97 Å². The van der Waals surface area contributed by atoms with Crippen LogP contribution in [0.4, 0.5) is 23.2 Å². The number of benzene rings is 1. The molecule has 8 heteroatoms. The summed E-state index contributed by atoms with van der Waals surface area (Å²) in [6.07, 6.45) is 0. The smallest absolute Gasteiger partial charge is 0.253 e. The third-order valence-electron chi connectivity index (χ3n) is 3.02. The number of pyridine rings is 1. The minimum Gasteiger partial charge on any atom is -0.374 e. The van der Waals surface area contributed by atoms with E-state index in [2.05, 4.69) is 15.3 Å². The molecule has 0 saturated carbocycles. The maximum atomic E-state index is 13.5. The van der Waals surface area contributed by atoms with Crippen molar-refractivity contribution < 1.29 is 17.6 Å². The zero-order valence-corrected chi connectivity index (χ0v) is 12.3. The van der Waals surface area contributed by atoms with Crippen LogP contribution in [0.1, 0.15) is 5.69 Å². The summed E-state index contributed by atoms with van der Waals surface area (Å²) in [5.74, 6) is -6.53. The number of halogens is 4. The summed E-state index contributed by atoms with van der Waals surface area (Å²) in [4.78, 5) is 6.80. The molecule has 118 valence electrons. The average molecular weight is 339 g/mol. The van der Waals surface area contributed by atoms with Gasteiger partial charge in [0.1, 0.15) is 10.7 Å². The van der Waals surface area contributed by atoms with E-state index >= 15 is 0 Å². The third-order valence-corrected chi connectivity index (χ3v) is 3.96. The van der Waals surface area contributed by atoms with E-state index in [9.17, 15) is 17.6 Å². The maximum Gasteiger partial charge on any atom is 0.253 e. The first kappa shape index (κ1) is 15.4. The standard InChI is InChI=1S/C15H9F4N3S/c16-10-12(11(17)14(19)22-13(10)18)20-6-9-7-23-15(21-9)8-4-2-1-3-5-8/h1-5,7H,6H2,(H,20,22). The SMILES string of the molecule is Fc1nc(F)c(F)c(NCc2csc(-c3ccccc3)n2)c1F. The molecule has 0 spiro atoms. The van der Waals surface area contributed by atoms with Gasteiger partial charge in [0.25, 0.3) is 11.9 Å². The van der Waals surface area contributed by atoms with Crippen LogP contribution in [0, 0.1) is 23.5 Å². The average Bonchev–Trinajstić information content (AvgIpc) is 3.03. The Balaban J connectivity index is 1.79. The third kappa shape index (κ3) is 3.16. The van der Waals surface area contributed by atoms with Crippen LogP contribution in [0.3, 0.4) is 0 Å². The van der Waals surface area contributed by atoms with Gasteiger partial charge in [0.2, 0.25) is 11.6 Å². The van der Waals surface area contributed by atoms with Gasteiger partial charge in [-0.2, -0.15) is 22.5 Å². The van der Waals surface area contributed by atoms with Crippen molar-refractivity contribution in [1.82, 2.24) is 9.97 Å². The molecule has 0 radical (unpaired) electrons. The molecule has 0 aliphatic carbocycles. The van der Waals surface area contributed by atoms with E-state index < -0.39 is 29.2 Å². The fraction of sp³-hybridized carbons (Fsp3) is 0.0667. The Labute approximate surface area is 132 Å². The van der Waals surface area contributed by atoms with Crippen molar-refractivity contribution in [3.05, 3.63) is 64.9 Å². The Morgan fingerprint density at radius 3 is 2.22 bits per heavy atom. The highest BCUT2D eigenvalue weighted by molar-refractivity contribution is 7.13. The summed E-state index contributed by atoms with van der Waals surface area (Å²) in [7, 11) is 0. The molecule has 2 heterocycles. The number of nitrogens with one attached hydrogen (secondary N) is 1. The number of thiazole rings is 1. The second-order valence-electron chi connectivity index (χ2n) is 4.56. The molecule has 3 rings (SSSR count). The molecule has 0 unspecified atom stereocenters. The summed E-state index contributed by atoms with van der Waals surface area (Å²) in [5, 5.41) is 4.74. The predicted octanol–water partition coefficient (Wildman–Crippen LogP) is 4.37. The van der Waals surface area contributed by atoms with Gasteiger partial charge in [0.05, 0.1) is 12.2 Å². The van der Waals surface area contributed by atoms with E-state index in [0.717, 1.165) is 10.6 Å². The molecule has 3 nitrogen and oxygen atoms in total. The van der Waals surface area contributed by atoms with Gasteiger partial charge in [0.15, 0.2) is 0 Å². The fourth-order valence-electron chi connectivity index (χ4n) is 1.92. The van der Waals surface area contributed by atoms with E-state index in [-0.39, 0.29) is 6.54 Å². The quantitative estimate of drug-likeness (QED) is 0.566. The molecule has 1 aromatic carbocycles. The van der Waals surface area contributed by atoms with Crippen molar-refractivity contribution in [3.63, 3.8) is 0 Å². The molecule has 0 fully saturated rings. The Morgan fingerprint density at radius 1 is 0.913 bits per heavy atom. The lowest BCUT2D eigenvalue weighted by atomic mass is 10.2. The van der Waals surface area contributed by atoms with Crippen LogP contribution in [-0.2, 0) is 6.54 Å². The van der Waals surface area contributed by atoms with Crippen molar-refractivity contribution >= 4 is 17.0 Å². The molecule has 3 aromatic rings. The van der Waals surface area contributed by atoms with Gasteiger partial charge in [-0.3, -0.25) is 0 Å². The Kier molecular flexibility index (Phi) is 4.24. The second-order valence-corrected chi connectivity index (χ2v) is 5.42. The highest BCUT2D eigenvalue weighted by Gasteiger charge is 2.20. The Morgan fingerprint density at radius 2 is 1.57 bits per heavy atom. The lowest BCUT2D eigenvalue weighted by Gasteiger charge is -2.07. The van der Waals surface area contributed by atoms with Gasteiger partial charge in [-0.15, -0.1) is 11.3 Å². The van der Waals surface area contributed by atoms with Crippen molar-refractivity contribution in [2.24, 2.45) is 0 Å². The highest BCUT2D eigenvalue weighted by atomic mass is 32.1. The van der Waals surface area contributed by atoms with E-state index in [1.165, 1.54) is 11.3 Å². The first-order chi connectivity index (χ1) is 11.1. The van der Waals surface area contributed by atoms with Crippen LogP contribution in [0.2, 0.25) is 0 Å². The summed E-state index contributed by atoms with van der Waals surface area (Å²) in [6, 6.07) is 9.35. The molecule has 23 heavy (non-hydrogen) atoms. The Hall–Kier alpha value is -2.48. The first-order valence-electron chi connectivity index (χ1n) is 6.50. The molecule has 0 saturated heterocycles. The molecule has 0 atom stereocenters. The normalized spacial score (nSPS) is 10.8. The molecule has 0 amide bonds. The zero-order chi connectivity index (χ0) is 16.4. The lowest BCUT2D eigenvalue weighted by Crippen LogP contribution is -2.09. The summed E-state index contributed by atoms with van der Waals surface area (Å²) in [6.45, 7) is -0.0833. The van der Waals surface area contributed by atoms with Gasteiger partial charge in [-0.25, -0.2) is 4.98 Å². The van der Waals surface area contributed by atoms with Crippen molar-refractivity contribution in [2.45, 2.75) is 6.54 Å². The lowest BCUT2D eigenvalue weighted by molar-refractivity contribution is 0.410. The van der Waals surface area contributed by atoms with Crippen LogP contribution >= 0.6 is 11.3 Å². The van der Waals surface area contributed by atoms with E-state index in [1.54, 1.807) is 5.38 Å². The number of rotatable bonds is 4. The largest absolute Gasteiger partial charge is 0.374 e. The van der Waals surface area contributed by atoms with Gasteiger partial charge in [0, 0.05) is 10.9 Å². The summed E-state index contributed by atoms with van der Waals surface area (Å²) >= 11 is 1.35. The van der Waals surface area contributed by atoms with Crippen LogP contribution in [0.5, 0.6) is 0 Å². The van der Waals surface area contributed by atoms with Gasteiger partial charge in [-0.05, 0) is 0 Å². The van der Waals surface area contributed by atoms with Crippen molar-refractivity contribution in [2.75, 3.05) is 5.32 Å². The number of hydrogen-bond donors (Lipinski definition) is 1. The van der Waals surface area contributed by atoms with E-state index in [0.29, 0.717) is 5.69 Å². The minimum atomic E-state index is -1.70. The topological polar surface area (TPSA) is 37.8 Å². The molecule has 0 aliphatic heterocycles. The molecule has 0 aliphatic rings. The maximum absolute atomic E-state index is 13.5. The monoisotopic (exact) mass is 339 g/mol. The molecule has 2 aromatic heterocycles. The van der Waals surface area contributed by atoms with Crippen LogP contribution < -0.4 is 5.32 Å². The molecular formula is C15H9F4N3S.